The van der Waals surface area contributed by atoms with Gasteiger partial charge in [-0.05, 0) is 49.4 Å². The normalized spacial score (nSPS) is 30.3. The van der Waals surface area contributed by atoms with Crippen molar-refractivity contribution in [1.82, 2.24) is 20.5 Å². The highest BCUT2D eigenvalue weighted by Crippen LogP contribution is 2.63. The van der Waals surface area contributed by atoms with Crippen molar-refractivity contribution in [3.63, 3.8) is 0 Å². The molecule has 0 amide bonds. The predicted molar refractivity (Wildman–Crippen MR) is 202 cm³/mol. The number of phenols is 1. The number of nitrogens with zero attached hydrogens (tertiary/aromatic N) is 1. The van der Waals surface area contributed by atoms with Gasteiger partial charge in [0.1, 0.15) is 18.6 Å². The number of methoxy groups -OCH3 is 1. The van der Waals surface area contributed by atoms with Crippen molar-refractivity contribution < 1.29 is 43.5 Å². The molecule has 11 rings (SSSR count). The van der Waals surface area contributed by atoms with Crippen LogP contribution < -0.4 is 35.3 Å². The molecule has 0 unspecified atom stereocenters. The number of carbonyl (C=O) groups is 2. The third-order valence-corrected chi connectivity index (χ3v) is 14.0. The first-order chi connectivity index (χ1) is 26.6. The molecule has 4 bridgehead atoms. The van der Waals surface area contributed by atoms with E-state index in [2.05, 4.69) is 21.7 Å². The number of hydrogen-bond donors (Lipinski definition) is 6. The molecule has 8 atom stereocenters. The Kier molecular flexibility index (Phi) is 7.94. The number of ether oxygens (including phenoxy) is 5. The molecule has 55 heavy (non-hydrogen) atoms. The Hall–Kier alpha value is -4.51. The van der Waals surface area contributed by atoms with Crippen molar-refractivity contribution in [1.29, 1.82) is 0 Å². The van der Waals surface area contributed by atoms with Gasteiger partial charge >= 0.3 is 11.9 Å². The summed E-state index contributed by atoms with van der Waals surface area (Å²) in [4.78, 5) is 33.4. The molecule has 0 radical (unpaired) electrons. The molecular weight excluding hydrogens is 727 g/mol. The second-order valence-corrected chi connectivity index (χ2v) is 16.6. The van der Waals surface area contributed by atoms with Crippen LogP contribution in [0.3, 0.4) is 0 Å². The van der Waals surface area contributed by atoms with Gasteiger partial charge in [-0.2, -0.15) is 0 Å². The zero-order valence-electron chi connectivity index (χ0n) is 30.9. The number of aliphatic hydroxyl groups is 1. The second-order valence-electron chi connectivity index (χ2n) is 15.5. The summed E-state index contributed by atoms with van der Waals surface area (Å²) in [7, 11) is 1.54. The van der Waals surface area contributed by atoms with Crippen LogP contribution in [0.1, 0.15) is 68.9 Å². The maximum Gasteiger partial charge on any atom is 0.333 e. The summed E-state index contributed by atoms with van der Waals surface area (Å²) in [5.41, 5.74) is 12.0. The van der Waals surface area contributed by atoms with Crippen molar-refractivity contribution >= 4 is 34.6 Å². The van der Waals surface area contributed by atoms with Crippen LogP contribution in [-0.4, -0.2) is 89.2 Å². The molecule has 4 aromatic rings. The molecule has 8 heterocycles. The highest BCUT2D eigenvalue weighted by molar-refractivity contribution is 7.99. The van der Waals surface area contributed by atoms with E-state index < -0.39 is 53.1 Å². The van der Waals surface area contributed by atoms with Gasteiger partial charge in [-0.1, -0.05) is 24.3 Å². The van der Waals surface area contributed by atoms with Crippen LogP contribution in [0.4, 0.5) is 0 Å². The van der Waals surface area contributed by atoms with E-state index >= 15 is 0 Å². The molecule has 7 N–H and O–H groups in total. The van der Waals surface area contributed by atoms with Gasteiger partial charge < -0.3 is 49.9 Å². The van der Waals surface area contributed by atoms with Gasteiger partial charge in [0, 0.05) is 64.5 Å². The van der Waals surface area contributed by atoms with Gasteiger partial charge in [-0.15, -0.1) is 11.8 Å². The van der Waals surface area contributed by atoms with Gasteiger partial charge in [0.05, 0.1) is 36.2 Å². The van der Waals surface area contributed by atoms with Crippen molar-refractivity contribution in [3.8, 4) is 28.7 Å². The minimum Gasteiger partial charge on any atom is -0.504 e. The molecule has 2 saturated heterocycles. The van der Waals surface area contributed by atoms with Gasteiger partial charge in [0.15, 0.2) is 28.5 Å². The number of benzene rings is 3. The lowest BCUT2D eigenvalue weighted by Crippen LogP contribution is -2.70. The molecule has 2 fully saturated rings. The number of phenolic OH excluding ortho intramolecular Hbond substituents is 1. The summed E-state index contributed by atoms with van der Waals surface area (Å²) in [6, 6.07) is 7.51. The van der Waals surface area contributed by atoms with Crippen LogP contribution in [0.25, 0.3) is 10.9 Å². The summed E-state index contributed by atoms with van der Waals surface area (Å²) in [6.45, 7) is 5.17. The summed E-state index contributed by atoms with van der Waals surface area (Å²) < 4.78 is 30.5. The number of aromatic hydroxyl groups is 1. The first kappa shape index (κ1) is 34.9. The number of esters is 2. The van der Waals surface area contributed by atoms with E-state index in [0.29, 0.717) is 64.6 Å². The van der Waals surface area contributed by atoms with E-state index in [1.165, 1.54) is 25.8 Å². The Labute approximate surface area is 321 Å². The molecule has 15 heteroatoms. The van der Waals surface area contributed by atoms with Crippen LogP contribution in [0.2, 0.25) is 0 Å². The fraction of sp³-hybridized carbons (Fsp3) is 0.450. The van der Waals surface area contributed by atoms with Crippen LogP contribution in [0, 0.1) is 13.8 Å². The van der Waals surface area contributed by atoms with E-state index in [4.69, 9.17) is 29.4 Å². The van der Waals surface area contributed by atoms with Crippen molar-refractivity contribution in [2.45, 2.75) is 80.8 Å². The molecule has 7 aliphatic rings. The number of para-hydroxylation sites is 1. The van der Waals surface area contributed by atoms with Gasteiger partial charge in [0.25, 0.3) is 0 Å². The summed E-state index contributed by atoms with van der Waals surface area (Å²) in [5.74, 6) is 0.878. The third-order valence-electron chi connectivity index (χ3n) is 12.5. The van der Waals surface area contributed by atoms with E-state index in [1.54, 1.807) is 0 Å². The zero-order valence-corrected chi connectivity index (χ0v) is 31.7. The number of H-pyrrole nitrogens is 1. The minimum absolute atomic E-state index is 0.0374. The van der Waals surface area contributed by atoms with Crippen LogP contribution in [0.5, 0.6) is 28.7 Å². The lowest BCUT2D eigenvalue weighted by atomic mass is 9.74. The SMILES string of the molecule is COc1c(C)cc2c(c1O)[C@H]1N[C@@H](C2)[C@H](O)N2[C@H]1[C@@H]1SC[C@]3(N[C@@H](CN)Cc4c3[nH]c3ccccc43)C(=O)OC[C@H]2c2c3c(c(C)c(OC(C)=O)c21)OCO3. The average Bonchev–Trinajstić information content (AvgIpc) is 3.82. The number of aliphatic hydroxyl groups excluding tert-OH is 1. The number of nitrogens with two attached hydrogens (primary N) is 1. The molecule has 0 aliphatic carbocycles. The van der Waals surface area contributed by atoms with Crippen molar-refractivity contribution in [2.75, 3.05) is 32.8 Å². The Morgan fingerprint density at radius 3 is 2.69 bits per heavy atom. The number of hydrogen-bond acceptors (Lipinski definition) is 14. The largest absolute Gasteiger partial charge is 0.504 e. The first-order valence-corrected chi connectivity index (χ1v) is 19.7. The number of piperazine rings is 1. The van der Waals surface area contributed by atoms with Gasteiger partial charge in [-0.3, -0.25) is 15.0 Å². The second kappa shape index (κ2) is 12.5. The molecule has 1 aromatic heterocycles. The van der Waals surface area contributed by atoms with Crippen molar-refractivity contribution in [2.24, 2.45) is 5.73 Å². The van der Waals surface area contributed by atoms with Gasteiger partial charge in [0.2, 0.25) is 6.79 Å². The summed E-state index contributed by atoms with van der Waals surface area (Å²) in [5, 5.41) is 32.2. The number of aromatic amines is 1. The van der Waals surface area contributed by atoms with Crippen LogP contribution in [0.15, 0.2) is 30.3 Å². The summed E-state index contributed by atoms with van der Waals surface area (Å²) in [6.07, 6.45) is 0.0162. The number of aromatic nitrogens is 1. The lowest BCUT2D eigenvalue weighted by molar-refractivity contribution is -0.165. The molecule has 288 valence electrons. The number of thioether (sulfide) groups is 1. The maximum atomic E-state index is 14.9. The van der Waals surface area contributed by atoms with Crippen molar-refractivity contribution in [3.05, 3.63) is 75.0 Å². The molecule has 7 aliphatic heterocycles. The standard InChI is InChI=1S/C40H43N5O9S/c1-16-9-19-10-24-38(48)45-25-13-51-39(49)40(37-22(11-20(12-41)44-40)21-7-5-6-8-23(21)43-37)14-55-36(30(45)29(42-24)26(19)31(47)32(16)50-4)28-27(25)35-34(52-15-53-35)17(2)33(28)54-18(3)46/h5-9,20,24-25,29-30,36,38,42-44,47-48H,10-15,41H2,1-4H3/t20-,24+,25+,29-,30-,36-,38+,40-/m1/s1. The Balaban J connectivity index is 1.23. The smallest absolute Gasteiger partial charge is 0.333 e. The zero-order chi connectivity index (χ0) is 38.1. The van der Waals surface area contributed by atoms with Crippen LogP contribution >= 0.6 is 11.8 Å². The van der Waals surface area contributed by atoms with Gasteiger partial charge in [-0.25, -0.2) is 4.79 Å². The monoisotopic (exact) mass is 769 g/mol. The highest BCUT2D eigenvalue weighted by Gasteiger charge is 2.60. The Morgan fingerprint density at radius 2 is 1.91 bits per heavy atom. The molecule has 1 spiro atoms. The first-order valence-electron chi connectivity index (χ1n) is 18.7. The Morgan fingerprint density at radius 1 is 1.11 bits per heavy atom. The average molecular weight is 770 g/mol. The maximum absolute atomic E-state index is 14.9. The third kappa shape index (κ3) is 4.80. The van der Waals surface area contributed by atoms with Crippen LogP contribution in [-0.2, 0) is 32.7 Å². The molecular formula is C40H43N5O9S. The lowest BCUT2D eigenvalue weighted by Gasteiger charge is -2.59. The number of aryl methyl sites for hydroxylation is 1. The van der Waals surface area contributed by atoms with E-state index in [-0.39, 0.29) is 30.9 Å². The Bertz CT molecular complexity index is 2310. The molecule has 14 nitrogen and oxygen atoms in total. The van der Waals surface area contributed by atoms with E-state index in [1.807, 2.05) is 43.0 Å². The number of carbonyl (C=O) groups excluding carboxylic acids is 2. The fourth-order valence-corrected chi connectivity index (χ4v) is 12.0. The van der Waals surface area contributed by atoms with E-state index in [9.17, 15) is 19.8 Å². The molecule has 0 saturated carbocycles. The number of fused-ring (bicyclic) bond motifs is 11. The summed E-state index contributed by atoms with van der Waals surface area (Å²) >= 11 is 1.50. The molecule has 3 aromatic carbocycles. The highest BCUT2D eigenvalue weighted by atomic mass is 32.2. The fourth-order valence-electron chi connectivity index (χ4n) is 10.3. The number of nitrogens with one attached hydrogen (secondary N) is 3. The number of rotatable bonds is 3. The predicted octanol–water partition coefficient (Wildman–Crippen LogP) is 3.17. The van der Waals surface area contributed by atoms with E-state index in [0.717, 1.165) is 33.3 Å². The topological polar surface area (TPSA) is 190 Å². The quantitative estimate of drug-likeness (QED) is 0.132. The minimum atomic E-state index is -1.34.